The van der Waals surface area contributed by atoms with Gasteiger partial charge >= 0.3 is 0 Å². The number of hydrogen-bond donors (Lipinski definition) is 1. The van der Waals surface area contributed by atoms with Crippen LogP contribution >= 0.6 is 0 Å². The molecule has 1 N–H and O–H groups in total. The van der Waals surface area contributed by atoms with Gasteiger partial charge in [0.25, 0.3) is 0 Å². The SMILES string of the molecule is CN(CCCNC(=O)CN1CCCN(S(=O)(=O)c2ccc(F)cc2)CC1)c1ccccc1. The van der Waals surface area contributed by atoms with Gasteiger partial charge in [0, 0.05) is 45.5 Å². The average Bonchev–Trinajstić information content (AvgIpc) is 3.03. The van der Waals surface area contributed by atoms with Crippen molar-refractivity contribution >= 4 is 21.6 Å². The summed E-state index contributed by atoms with van der Waals surface area (Å²) in [6.07, 6.45) is 1.47. The summed E-state index contributed by atoms with van der Waals surface area (Å²) in [7, 11) is -1.64. The van der Waals surface area contributed by atoms with Gasteiger partial charge in [-0.15, -0.1) is 0 Å². The zero-order valence-corrected chi connectivity index (χ0v) is 19.2. The lowest BCUT2D eigenvalue weighted by Gasteiger charge is -2.22. The highest BCUT2D eigenvalue weighted by Gasteiger charge is 2.27. The Morgan fingerprint density at radius 1 is 1.03 bits per heavy atom. The smallest absolute Gasteiger partial charge is 0.243 e. The van der Waals surface area contributed by atoms with Crippen LogP contribution < -0.4 is 10.2 Å². The number of carbonyl (C=O) groups excluding carboxylic acids is 1. The summed E-state index contributed by atoms with van der Waals surface area (Å²) in [6, 6.07) is 15.0. The summed E-state index contributed by atoms with van der Waals surface area (Å²) in [5.41, 5.74) is 1.14. The van der Waals surface area contributed by atoms with Gasteiger partial charge in [0.1, 0.15) is 5.82 Å². The van der Waals surface area contributed by atoms with Gasteiger partial charge in [0.2, 0.25) is 15.9 Å². The third kappa shape index (κ3) is 6.75. The van der Waals surface area contributed by atoms with E-state index in [9.17, 15) is 17.6 Å². The second kappa shape index (κ2) is 11.4. The second-order valence-electron chi connectivity index (χ2n) is 7.95. The zero-order chi connectivity index (χ0) is 23.0. The van der Waals surface area contributed by atoms with Crippen LogP contribution in [-0.4, -0.2) is 76.4 Å². The molecular weight excluding hydrogens is 431 g/mol. The first-order valence-corrected chi connectivity index (χ1v) is 12.3. The van der Waals surface area contributed by atoms with Crippen LogP contribution in [0, 0.1) is 5.82 Å². The van der Waals surface area contributed by atoms with Gasteiger partial charge in [0.05, 0.1) is 11.4 Å². The van der Waals surface area contributed by atoms with Crippen LogP contribution in [0.25, 0.3) is 0 Å². The quantitative estimate of drug-likeness (QED) is 0.579. The van der Waals surface area contributed by atoms with E-state index >= 15 is 0 Å². The van der Waals surface area contributed by atoms with Crippen LogP contribution in [-0.2, 0) is 14.8 Å². The number of nitrogens with zero attached hydrogens (tertiary/aromatic N) is 3. The van der Waals surface area contributed by atoms with Gasteiger partial charge in [-0.1, -0.05) is 18.2 Å². The monoisotopic (exact) mass is 462 g/mol. The van der Waals surface area contributed by atoms with Crippen LogP contribution in [0.3, 0.4) is 0 Å². The fourth-order valence-corrected chi connectivity index (χ4v) is 5.19. The van der Waals surface area contributed by atoms with E-state index in [-0.39, 0.29) is 17.3 Å². The Morgan fingerprint density at radius 3 is 2.47 bits per heavy atom. The third-order valence-electron chi connectivity index (χ3n) is 5.56. The molecule has 7 nitrogen and oxygen atoms in total. The summed E-state index contributed by atoms with van der Waals surface area (Å²) in [5, 5.41) is 2.96. The number of halogens is 1. The van der Waals surface area contributed by atoms with Gasteiger partial charge in [-0.05, 0) is 55.8 Å². The van der Waals surface area contributed by atoms with Crippen LogP contribution in [0.1, 0.15) is 12.8 Å². The van der Waals surface area contributed by atoms with E-state index in [1.807, 2.05) is 30.1 Å². The molecule has 0 radical (unpaired) electrons. The van der Waals surface area contributed by atoms with E-state index in [0.717, 1.165) is 30.8 Å². The molecule has 2 aromatic carbocycles. The highest BCUT2D eigenvalue weighted by atomic mass is 32.2. The summed E-state index contributed by atoms with van der Waals surface area (Å²) in [6.45, 7) is 3.49. The Morgan fingerprint density at radius 2 is 1.75 bits per heavy atom. The molecule has 9 heteroatoms. The van der Waals surface area contributed by atoms with Crippen molar-refractivity contribution in [2.24, 2.45) is 0 Å². The molecule has 1 amide bonds. The first-order valence-electron chi connectivity index (χ1n) is 10.9. The van der Waals surface area contributed by atoms with Gasteiger partial charge in [-0.3, -0.25) is 9.69 Å². The molecule has 0 saturated carbocycles. The Balaban J connectivity index is 1.40. The predicted molar refractivity (Wildman–Crippen MR) is 124 cm³/mol. The molecular formula is C23H31FN4O3S. The van der Waals surface area contributed by atoms with E-state index < -0.39 is 15.8 Å². The molecule has 1 saturated heterocycles. The number of rotatable bonds is 9. The number of sulfonamides is 1. The van der Waals surface area contributed by atoms with Crippen LogP contribution in [0.5, 0.6) is 0 Å². The molecule has 0 atom stereocenters. The highest BCUT2D eigenvalue weighted by Crippen LogP contribution is 2.18. The van der Waals surface area contributed by atoms with Crippen LogP contribution in [0.2, 0.25) is 0 Å². The van der Waals surface area contributed by atoms with E-state index in [2.05, 4.69) is 22.3 Å². The van der Waals surface area contributed by atoms with Crippen molar-refractivity contribution in [1.82, 2.24) is 14.5 Å². The maximum absolute atomic E-state index is 13.1. The number of nitrogens with one attached hydrogen (secondary N) is 1. The lowest BCUT2D eigenvalue weighted by atomic mass is 10.3. The summed E-state index contributed by atoms with van der Waals surface area (Å²) in [4.78, 5) is 16.6. The Labute approximate surface area is 189 Å². The van der Waals surface area contributed by atoms with Crippen LogP contribution in [0.15, 0.2) is 59.5 Å². The molecule has 1 aliphatic rings. The third-order valence-corrected chi connectivity index (χ3v) is 7.47. The number of hydrogen-bond acceptors (Lipinski definition) is 5. The lowest BCUT2D eigenvalue weighted by Crippen LogP contribution is -2.40. The number of anilines is 1. The van der Waals surface area contributed by atoms with Crippen molar-refractivity contribution in [3.63, 3.8) is 0 Å². The Kier molecular flexibility index (Phi) is 8.60. The van der Waals surface area contributed by atoms with E-state index in [1.165, 1.54) is 16.4 Å². The molecule has 0 bridgehead atoms. The van der Waals surface area contributed by atoms with Gasteiger partial charge in [0.15, 0.2) is 0 Å². The zero-order valence-electron chi connectivity index (χ0n) is 18.4. The van der Waals surface area contributed by atoms with Gasteiger partial charge < -0.3 is 10.2 Å². The molecule has 0 aliphatic carbocycles. The Bertz CT molecular complexity index is 970. The fraction of sp³-hybridized carbons (Fsp3) is 0.435. The second-order valence-corrected chi connectivity index (χ2v) is 9.89. The van der Waals surface area contributed by atoms with E-state index in [1.54, 1.807) is 0 Å². The number of amides is 1. The minimum Gasteiger partial charge on any atom is -0.375 e. The van der Waals surface area contributed by atoms with Crippen molar-refractivity contribution in [2.75, 3.05) is 57.8 Å². The predicted octanol–water partition coefficient (Wildman–Crippen LogP) is 2.16. The van der Waals surface area contributed by atoms with Crippen molar-refractivity contribution < 1.29 is 17.6 Å². The molecule has 174 valence electrons. The summed E-state index contributed by atoms with van der Waals surface area (Å²) in [5.74, 6) is -0.522. The van der Waals surface area contributed by atoms with Crippen LogP contribution in [0.4, 0.5) is 10.1 Å². The molecule has 3 rings (SSSR count). The molecule has 1 heterocycles. The minimum atomic E-state index is -3.67. The van der Waals surface area contributed by atoms with E-state index in [4.69, 9.17) is 0 Å². The summed E-state index contributed by atoms with van der Waals surface area (Å²) < 4.78 is 40.2. The number of benzene rings is 2. The topological polar surface area (TPSA) is 73.0 Å². The molecule has 32 heavy (non-hydrogen) atoms. The average molecular weight is 463 g/mol. The molecule has 0 unspecified atom stereocenters. The maximum Gasteiger partial charge on any atom is 0.243 e. The van der Waals surface area contributed by atoms with Crippen molar-refractivity contribution in [3.8, 4) is 0 Å². The van der Waals surface area contributed by atoms with Crippen molar-refractivity contribution in [1.29, 1.82) is 0 Å². The van der Waals surface area contributed by atoms with Crippen molar-refractivity contribution in [2.45, 2.75) is 17.7 Å². The maximum atomic E-state index is 13.1. The molecule has 2 aromatic rings. The van der Waals surface area contributed by atoms with E-state index in [0.29, 0.717) is 39.1 Å². The largest absolute Gasteiger partial charge is 0.375 e. The number of carbonyl (C=O) groups is 1. The first kappa shape index (κ1) is 24.2. The summed E-state index contributed by atoms with van der Waals surface area (Å²) >= 11 is 0. The first-order chi connectivity index (χ1) is 15.4. The normalized spacial score (nSPS) is 15.8. The standard InChI is InChI=1S/C23H31FN4O3S/c1-26(21-7-3-2-4-8-21)14-5-13-25-23(29)19-27-15-6-16-28(18-17-27)32(30,31)22-11-9-20(24)10-12-22/h2-4,7-12H,5-6,13-19H2,1H3,(H,25,29). The Hall–Kier alpha value is -2.49. The molecule has 0 aromatic heterocycles. The minimum absolute atomic E-state index is 0.0535. The van der Waals surface area contributed by atoms with Crippen molar-refractivity contribution in [3.05, 3.63) is 60.4 Å². The molecule has 1 fully saturated rings. The molecule has 1 aliphatic heterocycles. The fourth-order valence-electron chi connectivity index (χ4n) is 3.72. The number of para-hydroxylation sites is 1. The van der Waals surface area contributed by atoms with Gasteiger partial charge in [-0.2, -0.15) is 4.31 Å². The molecule has 0 spiro atoms. The highest BCUT2D eigenvalue weighted by molar-refractivity contribution is 7.89. The lowest BCUT2D eigenvalue weighted by molar-refractivity contribution is -0.122. The van der Waals surface area contributed by atoms with Gasteiger partial charge in [-0.25, -0.2) is 12.8 Å².